The Labute approximate surface area is 767 Å². The maximum absolute atomic E-state index is 10.7. The van der Waals surface area contributed by atoms with E-state index in [0.717, 1.165) is 0 Å². The Kier molecular flexibility index (Phi) is 71.1. The number of hydrogen-bond acceptors (Lipinski definition) is 11. The van der Waals surface area contributed by atoms with Crippen molar-refractivity contribution in [2.75, 3.05) is 24.6 Å². The van der Waals surface area contributed by atoms with Crippen LogP contribution in [0.2, 0.25) is 0 Å². The molecule has 0 spiro atoms. The van der Waals surface area contributed by atoms with Crippen molar-refractivity contribution in [2.45, 2.75) is 36.8 Å². The van der Waals surface area contributed by atoms with E-state index in [1.165, 1.54) is 79.9 Å². The van der Waals surface area contributed by atoms with Crippen molar-refractivity contribution in [3.63, 3.8) is 0 Å². The zero-order chi connectivity index (χ0) is 87.1. The van der Waals surface area contributed by atoms with Crippen LogP contribution < -0.4 is 42.4 Å². The number of nitrogens with zero attached hydrogens (tertiary/aromatic N) is 3. The molecule has 12 nitrogen and oxygen atoms in total. The summed E-state index contributed by atoms with van der Waals surface area (Å²) in [6.07, 6.45) is 7.68. The molecule has 2 N–H and O–H groups in total. The van der Waals surface area contributed by atoms with Crippen LogP contribution in [0.5, 0.6) is 0 Å². The molecule has 11 aromatic carbocycles. The van der Waals surface area contributed by atoms with E-state index < -0.39 is 129 Å². The van der Waals surface area contributed by atoms with Gasteiger partial charge in [-0.3, -0.25) is 9.11 Å². The fourth-order valence-electron chi connectivity index (χ4n) is 9.36. The smallest absolute Gasteiger partial charge is 0.0620 e. The van der Waals surface area contributed by atoms with Gasteiger partial charge in [0.15, 0.2) is 0 Å². The topological polar surface area (TPSA) is 231 Å². The third-order valence-electron chi connectivity index (χ3n) is 14.2. The van der Waals surface area contributed by atoms with Gasteiger partial charge in [-0.2, -0.15) is 72.1 Å². The fourth-order valence-corrected chi connectivity index (χ4v) is 20.6. The van der Waals surface area contributed by atoms with E-state index >= 15 is 0 Å². The minimum absolute atomic E-state index is 0. The molecule has 0 atom stereocenters. The minimum Gasteiger partial charge on any atom is -0.0620 e. The molecule has 653 valence electrons. The van der Waals surface area contributed by atoms with Crippen LogP contribution in [0.3, 0.4) is 0 Å². The maximum Gasteiger partial charge on any atom is 0.0966 e. The molecule has 0 aliphatic heterocycles. The largest absolute Gasteiger partial charge is 0.0966 e. The molecule has 0 heterocycles. The van der Waals surface area contributed by atoms with E-state index in [9.17, 15) is 39.5 Å². The number of halogens is 15. The molecule has 0 fully saturated rings. The van der Waals surface area contributed by atoms with Gasteiger partial charge in [0.1, 0.15) is 0 Å². The van der Waals surface area contributed by atoms with E-state index in [2.05, 4.69) is 243 Å². The van der Waals surface area contributed by atoms with Crippen LogP contribution in [0.1, 0.15) is 37.0 Å². The van der Waals surface area contributed by atoms with Crippen LogP contribution in [0.4, 0.5) is 39.5 Å². The summed E-state index contributed by atoms with van der Waals surface area (Å²) in [5, 5.41) is 37.1. The first-order chi connectivity index (χ1) is 55.3. The minimum atomic E-state index is -5.84. The van der Waals surface area contributed by atoms with Crippen LogP contribution >= 0.6 is 88.2 Å². The first-order valence-electron chi connectivity index (χ1n) is 32.4. The van der Waals surface area contributed by atoms with Gasteiger partial charge in [0.2, 0.25) is 0 Å². The van der Waals surface area contributed by atoms with Crippen molar-refractivity contribution in [3.8, 4) is 18.2 Å². The number of hydrogen-bond donors (Lipinski definition) is 2. The Morgan fingerprint density at radius 1 is 0.314 bits per heavy atom. The number of benzene rings is 11. The van der Waals surface area contributed by atoms with E-state index in [1.54, 1.807) is 57.4 Å². The van der Waals surface area contributed by atoms with Gasteiger partial charge in [-0.25, -0.2) is 0 Å². The van der Waals surface area contributed by atoms with Gasteiger partial charge >= 0.3 is 167 Å². The predicted molar refractivity (Wildman–Crippen MR) is 457 cm³/mol. The van der Waals surface area contributed by atoms with Gasteiger partial charge in [-0.05, 0) is 133 Å². The standard InChI is InChI=1S/2C27H26P2.3C7H5N.2CHF3O3S.CF3O2S.CH4.Ag.6ClH.O.4Pt/c2*1-5-14-24(15-6-1)28(25-16-7-2-8-17-25)22-13-23-29(26-18-9-3-10-19-26)27-20-11-4-12-21-27;3*8-6-7-4-2-1-3-5-7;2*2-1(3,4)8(5,6)7;2-1(3,4)7(5)6;;;;;;;;;;;;;/h2*1-12,14-21H,13,22-23H2;3*1-5H;2*(H,5,6,7);;1H4;;6*1H;;;;;/q;;;;;;;-1;;;;;;;;;;;3*+2/p-2. The molecular weight excluding hydrogens is 2630 g/mol. The normalized spacial score (nSPS) is 10.3. The Morgan fingerprint density at radius 2 is 0.415 bits per heavy atom. The van der Waals surface area contributed by atoms with Crippen LogP contribution in [0.15, 0.2) is 334 Å². The molecule has 0 aliphatic carbocycles. The third-order valence-corrected chi connectivity index (χ3v) is 27.4. The van der Waals surface area contributed by atoms with Gasteiger partial charge in [-0.15, -0.1) is 0 Å². The molecule has 11 rings (SSSR count). The molecule has 0 unspecified atom stereocenters. The van der Waals surface area contributed by atoms with Gasteiger partial charge in [0.25, 0.3) is 0 Å². The van der Waals surface area contributed by atoms with Crippen LogP contribution in [-0.2, 0) is 134 Å². The first-order valence-corrected chi connectivity index (χ1v) is 60.7. The van der Waals surface area contributed by atoms with E-state index in [0.29, 0.717) is 16.7 Å². The third kappa shape index (κ3) is 55.1. The monoisotopic (exact) mass is 2700 g/mol. The van der Waals surface area contributed by atoms with Gasteiger partial charge in [0.05, 0.1) is 134 Å². The predicted octanol–water partition coefficient (Wildman–Crippen LogP) is 21.1. The van der Waals surface area contributed by atoms with Crippen LogP contribution in [0, 0.1) is 34.0 Å². The average molecular weight is 2700 g/mol. The Balaban J connectivity index is -0.00000136. The molecule has 11 aromatic rings. The SMILES string of the molecule is C.N#Cc1ccccc1.N#Cc1ccccc1.N#Cc1ccccc1.O=S(=O)(O)C(F)(F)F.O=S(=O)(O)C(F)(F)F.O=[S-](=O)C(F)(F)F.[Cl][Pt][Cl].[Cl][Pt][Cl].[Cl][Pt][Cl].[O]=[Ag].[Pt].c1ccc([PH+](CCC[PH+](c2ccccc2)c2ccccc2)c2ccccc2)cc1.c1ccc([PH+](CCC[PH+](c2ccccc2)c2ccccc2)c2ccccc2)cc1. The van der Waals surface area contributed by atoms with Crippen molar-refractivity contribution in [1.29, 1.82) is 15.8 Å². The van der Waals surface area contributed by atoms with Gasteiger partial charge < -0.3 is 8.42 Å². The molecule has 0 bridgehead atoms. The quantitative estimate of drug-likeness (QED) is 0.0230. The zero-order valence-electron chi connectivity index (χ0n) is 60.1. The number of alkyl halides is 9. The van der Waals surface area contributed by atoms with Crippen LogP contribution in [-0.4, -0.2) is 67.1 Å². The second-order valence-corrected chi connectivity index (χ2v) is 45.7. The van der Waals surface area contributed by atoms with Crippen molar-refractivity contribution < 1.29 is 169 Å². The molecular formula is C79H77AgCl6F9N3O9P4Pt4S3+3. The molecule has 39 heteroatoms. The summed E-state index contributed by atoms with van der Waals surface area (Å²) in [6, 6.07) is 123. The van der Waals surface area contributed by atoms with E-state index in [-0.39, 0.29) is 28.5 Å². The van der Waals surface area contributed by atoms with Gasteiger partial charge in [0, 0.05) is 44.6 Å². The van der Waals surface area contributed by atoms with E-state index in [1.807, 2.05) is 72.8 Å². The first kappa shape index (κ1) is 118. The summed E-state index contributed by atoms with van der Waals surface area (Å²) in [6.45, 7) is 0. The summed E-state index contributed by atoms with van der Waals surface area (Å²) >= 11 is 0.283. The molecule has 0 amide bonds. The van der Waals surface area contributed by atoms with E-state index in [4.69, 9.17) is 110 Å². The van der Waals surface area contributed by atoms with Crippen molar-refractivity contribution in [3.05, 3.63) is 350 Å². The van der Waals surface area contributed by atoms with Gasteiger partial charge in [-0.1, -0.05) is 208 Å². The summed E-state index contributed by atoms with van der Waals surface area (Å²) in [5.74, 6) is 0. The fraction of sp³-hybridized carbons (Fsp3) is 0.127. The summed E-state index contributed by atoms with van der Waals surface area (Å²) in [4.78, 5) is 0. The van der Waals surface area contributed by atoms with Crippen molar-refractivity contribution in [2.24, 2.45) is 0 Å². The number of nitriles is 3. The molecule has 0 aliphatic rings. The van der Waals surface area contributed by atoms with Crippen LogP contribution in [0.25, 0.3) is 0 Å². The Morgan fingerprint density at radius 3 is 0.492 bits per heavy atom. The second-order valence-electron chi connectivity index (χ2n) is 21.6. The Hall–Kier alpha value is -4.22. The molecule has 0 aromatic heterocycles. The molecule has 0 radical (unpaired) electrons. The average Bonchev–Trinajstić information content (AvgIpc) is 1.11. The van der Waals surface area contributed by atoms with Crippen molar-refractivity contribution in [1.82, 2.24) is 0 Å². The molecule has 118 heavy (non-hydrogen) atoms. The maximum atomic E-state index is 10.7. The Bertz CT molecular complexity index is 4140. The summed E-state index contributed by atoms with van der Waals surface area (Å²) in [7, 11) is 10.7. The molecule has 0 saturated carbocycles. The summed E-state index contributed by atoms with van der Waals surface area (Å²) < 4.78 is 173. The summed E-state index contributed by atoms with van der Waals surface area (Å²) in [5.41, 5.74) is -14.0. The number of rotatable bonds is 16. The molecule has 0 saturated heterocycles. The second kappa shape index (κ2) is 71.1. The van der Waals surface area contributed by atoms with Crippen molar-refractivity contribution >= 4 is 162 Å². The zero-order valence-corrected chi connectivity index (χ0v) is 81.6.